The van der Waals surface area contributed by atoms with Crippen LogP contribution in [0.3, 0.4) is 0 Å². The highest BCUT2D eigenvalue weighted by Crippen LogP contribution is 2.29. The SMILES string of the molecule is CC1(C)OCC(CN2C(=O)c3ccccc3NC2/C=C/c2ccco2)O1. The van der Waals surface area contributed by atoms with Crippen LogP contribution in [-0.4, -0.2) is 42.0 Å². The molecule has 0 spiro atoms. The van der Waals surface area contributed by atoms with E-state index in [0.717, 1.165) is 11.4 Å². The van der Waals surface area contributed by atoms with E-state index < -0.39 is 5.79 Å². The average molecular weight is 354 g/mol. The number of nitrogens with zero attached hydrogens (tertiary/aromatic N) is 1. The summed E-state index contributed by atoms with van der Waals surface area (Å²) >= 11 is 0. The third-order valence-electron chi connectivity index (χ3n) is 4.51. The highest BCUT2D eigenvalue weighted by Gasteiger charge is 2.38. The minimum Gasteiger partial charge on any atom is -0.465 e. The summed E-state index contributed by atoms with van der Waals surface area (Å²) in [7, 11) is 0. The Labute approximate surface area is 152 Å². The number of hydrogen-bond donors (Lipinski definition) is 1. The molecule has 6 heteroatoms. The topological polar surface area (TPSA) is 63.9 Å². The second kappa shape index (κ2) is 6.63. The summed E-state index contributed by atoms with van der Waals surface area (Å²) in [4.78, 5) is 14.8. The maximum atomic E-state index is 13.1. The van der Waals surface area contributed by atoms with Crippen molar-refractivity contribution >= 4 is 17.7 Å². The lowest BCUT2D eigenvalue weighted by Crippen LogP contribution is -2.51. The molecule has 1 N–H and O–H groups in total. The van der Waals surface area contributed by atoms with Gasteiger partial charge in [-0.05, 0) is 50.3 Å². The first-order chi connectivity index (χ1) is 12.5. The van der Waals surface area contributed by atoms with E-state index in [2.05, 4.69) is 5.32 Å². The average Bonchev–Trinajstić information content (AvgIpc) is 3.25. The molecule has 2 aromatic rings. The van der Waals surface area contributed by atoms with Crippen LogP contribution in [0.2, 0.25) is 0 Å². The number of hydrogen-bond acceptors (Lipinski definition) is 5. The molecule has 136 valence electrons. The molecule has 3 heterocycles. The lowest BCUT2D eigenvalue weighted by molar-refractivity contribution is -0.139. The first-order valence-electron chi connectivity index (χ1n) is 8.72. The van der Waals surface area contributed by atoms with Gasteiger partial charge in [-0.2, -0.15) is 0 Å². The van der Waals surface area contributed by atoms with Crippen molar-refractivity contribution in [2.24, 2.45) is 0 Å². The molecule has 0 bridgehead atoms. The van der Waals surface area contributed by atoms with Crippen molar-refractivity contribution in [3.63, 3.8) is 0 Å². The molecule has 1 aromatic heterocycles. The molecule has 1 aromatic carbocycles. The van der Waals surface area contributed by atoms with Gasteiger partial charge in [0.2, 0.25) is 0 Å². The lowest BCUT2D eigenvalue weighted by Gasteiger charge is -2.37. The molecule has 1 saturated heterocycles. The molecule has 0 saturated carbocycles. The van der Waals surface area contributed by atoms with Gasteiger partial charge >= 0.3 is 0 Å². The van der Waals surface area contributed by atoms with Crippen LogP contribution in [0, 0.1) is 0 Å². The monoisotopic (exact) mass is 354 g/mol. The van der Waals surface area contributed by atoms with Crippen LogP contribution in [0.5, 0.6) is 0 Å². The molecule has 6 nitrogen and oxygen atoms in total. The normalized spacial score (nSPS) is 24.7. The van der Waals surface area contributed by atoms with Gasteiger partial charge < -0.3 is 24.1 Å². The Hall–Kier alpha value is -2.57. The standard InChI is InChI=1S/C20H22N2O4/c1-20(2)25-13-15(26-20)12-22-18(10-9-14-6-5-11-24-14)21-17-8-4-3-7-16(17)19(22)23/h3-11,15,18,21H,12-13H2,1-2H3/b10-9+. The fourth-order valence-electron chi connectivity index (χ4n) is 3.31. The summed E-state index contributed by atoms with van der Waals surface area (Å²) in [5.74, 6) is 0.0929. The van der Waals surface area contributed by atoms with Crippen molar-refractivity contribution in [1.82, 2.24) is 4.90 Å². The predicted molar refractivity (Wildman–Crippen MR) is 97.5 cm³/mol. The van der Waals surface area contributed by atoms with Crippen LogP contribution in [0.15, 0.2) is 53.2 Å². The van der Waals surface area contributed by atoms with E-state index in [0.29, 0.717) is 18.7 Å². The van der Waals surface area contributed by atoms with Crippen molar-refractivity contribution in [3.05, 3.63) is 60.1 Å². The van der Waals surface area contributed by atoms with E-state index in [-0.39, 0.29) is 18.2 Å². The fourth-order valence-corrected chi connectivity index (χ4v) is 3.31. The Bertz CT molecular complexity index is 813. The second-order valence-electron chi connectivity index (χ2n) is 6.92. The number of amides is 1. The molecule has 0 radical (unpaired) electrons. The Kier molecular flexibility index (Phi) is 4.30. The van der Waals surface area contributed by atoms with Gasteiger partial charge in [-0.1, -0.05) is 12.1 Å². The predicted octanol–water partition coefficient (Wildman–Crippen LogP) is 3.34. The largest absolute Gasteiger partial charge is 0.465 e. The molecule has 2 aliphatic rings. The van der Waals surface area contributed by atoms with E-state index in [4.69, 9.17) is 13.9 Å². The zero-order valence-corrected chi connectivity index (χ0v) is 14.8. The Balaban J connectivity index is 1.59. The molecule has 2 atom stereocenters. The van der Waals surface area contributed by atoms with Crippen LogP contribution >= 0.6 is 0 Å². The Morgan fingerprint density at radius 3 is 2.85 bits per heavy atom. The number of para-hydroxylation sites is 1. The fraction of sp³-hybridized carbons (Fsp3) is 0.350. The third kappa shape index (κ3) is 3.38. The van der Waals surface area contributed by atoms with E-state index in [1.165, 1.54) is 0 Å². The van der Waals surface area contributed by atoms with Gasteiger partial charge in [0.25, 0.3) is 5.91 Å². The highest BCUT2D eigenvalue weighted by molar-refractivity contribution is 6.01. The molecule has 1 fully saturated rings. The van der Waals surface area contributed by atoms with Crippen LogP contribution in [0.25, 0.3) is 6.08 Å². The van der Waals surface area contributed by atoms with Crippen LogP contribution in [0.4, 0.5) is 5.69 Å². The van der Waals surface area contributed by atoms with Crippen molar-refractivity contribution in [2.75, 3.05) is 18.5 Å². The molecule has 2 unspecified atom stereocenters. The smallest absolute Gasteiger partial charge is 0.257 e. The molecule has 1 amide bonds. The third-order valence-corrected chi connectivity index (χ3v) is 4.51. The zero-order valence-electron chi connectivity index (χ0n) is 14.8. The van der Waals surface area contributed by atoms with E-state index >= 15 is 0 Å². The molecular formula is C20H22N2O4. The van der Waals surface area contributed by atoms with Crippen LogP contribution < -0.4 is 5.32 Å². The van der Waals surface area contributed by atoms with Gasteiger partial charge in [-0.3, -0.25) is 4.79 Å². The summed E-state index contributed by atoms with van der Waals surface area (Å²) in [5.41, 5.74) is 1.49. The van der Waals surface area contributed by atoms with Crippen molar-refractivity contribution in [1.29, 1.82) is 0 Å². The van der Waals surface area contributed by atoms with Crippen LogP contribution in [-0.2, 0) is 9.47 Å². The molecule has 2 aliphatic heterocycles. The maximum Gasteiger partial charge on any atom is 0.257 e. The number of anilines is 1. The molecular weight excluding hydrogens is 332 g/mol. The first kappa shape index (κ1) is 16.9. The number of carbonyl (C=O) groups is 1. The minimum absolute atomic E-state index is 0.0262. The zero-order chi connectivity index (χ0) is 18.1. The number of furan rings is 1. The Morgan fingerprint density at radius 2 is 2.12 bits per heavy atom. The lowest BCUT2D eigenvalue weighted by atomic mass is 10.1. The number of benzene rings is 1. The quantitative estimate of drug-likeness (QED) is 0.912. The second-order valence-corrected chi connectivity index (χ2v) is 6.92. The molecule has 4 rings (SSSR count). The van der Waals surface area contributed by atoms with Crippen molar-refractivity contribution < 1.29 is 18.7 Å². The number of carbonyl (C=O) groups excluding carboxylic acids is 1. The number of rotatable bonds is 4. The number of ether oxygens (including phenoxy) is 2. The number of nitrogens with one attached hydrogen (secondary N) is 1. The van der Waals surface area contributed by atoms with Gasteiger partial charge in [0.05, 0.1) is 25.0 Å². The number of fused-ring (bicyclic) bond motifs is 1. The summed E-state index contributed by atoms with van der Waals surface area (Å²) < 4.78 is 16.9. The molecule has 26 heavy (non-hydrogen) atoms. The minimum atomic E-state index is -0.617. The van der Waals surface area contributed by atoms with Gasteiger partial charge in [0.1, 0.15) is 18.0 Å². The van der Waals surface area contributed by atoms with E-state index in [9.17, 15) is 4.79 Å². The van der Waals surface area contributed by atoms with Crippen molar-refractivity contribution in [3.8, 4) is 0 Å². The van der Waals surface area contributed by atoms with E-state index in [1.54, 1.807) is 11.2 Å². The summed E-state index contributed by atoms with van der Waals surface area (Å²) in [6, 6.07) is 11.2. The molecule has 0 aliphatic carbocycles. The first-order valence-corrected chi connectivity index (χ1v) is 8.72. The van der Waals surface area contributed by atoms with Gasteiger partial charge in [-0.25, -0.2) is 0 Å². The van der Waals surface area contributed by atoms with Gasteiger partial charge in [-0.15, -0.1) is 0 Å². The summed E-state index contributed by atoms with van der Waals surface area (Å²) in [6.07, 6.45) is 4.95. The van der Waals surface area contributed by atoms with Gasteiger partial charge in [0.15, 0.2) is 5.79 Å². The van der Waals surface area contributed by atoms with Crippen LogP contribution in [0.1, 0.15) is 30.0 Å². The summed E-state index contributed by atoms with van der Waals surface area (Å²) in [6.45, 7) is 4.67. The highest BCUT2D eigenvalue weighted by atomic mass is 16.7. The summed E-state index contributed by atoms with van der Waals surface area (Å²) in [5, 5.41) is 3.41. The maximum absolute atomic E-state index is 13.1. The van der Waals surface area contributed by atoms with Crippen molar-refractivity contribution in [2.45, 2.75) is 31.9 Å². The van der Waals surface area contributed by atoms with Gasteiger partial charge in [0, 0.05) is 5.69 Å². The Morgan fingerprint density at radius 1 is 1.27 bits per heavy atom. The van der Waals surface area contributed by atoms with E-state index in [1.807, 2.05) is 62.4 Å².